The second-order valence-corrected chi connectivity index (χ2v) is 3.98. The number of rotatable bonds is 4. The van der Waals surface area contributed by atoms with E-state index < -0.39 is 0 Å². The number of hydrogen-bond acceptors (Lipinski definition) is 2. The van der Waals surface area contributed by atoms with Gasteiger partial charge in [0, 0.05) is 12.3 Å². The van der Waals surface area contributed by atoms with Gasteiger partial charge in [-0.1, -0.05) is 38.1 Å². The number of benzene rings is 1. The van der Waals surface area contributed by atoms with E-state index in [1.54, 1.807) is 0 Å². The molecular formula is C12H18N2. The second kappa shape index (κ2) is 4.91. The van der Waals surface area contributed by atoms with Gasteiger partial charge in [-0.2, -0.15) is 0 Å². The average Bonchev–Trinajstić information content (AvgIpc) is 2.17. The maximum absolute atomic E-state index is 7.86. The van der Waals surface area contributed by atoms with Crippen molar-refractivity contribution in [2.24, 2.45) is 11.7 Å². The summed E-state index contributed by atoms with van der Waals surface area (Å²) >= 11 is 0. The molecule has 0 saturated carbocycles. The van der Waals surface area contributed by atoms with Gasteiger partial charge in [-0.25, -0.2) is 0 Å². The number of nitrogens with two attached hydrogens (primary N) is 1. The highest BCUT2D eigenvalue weighted by atomic mass is 14.5. The predicted molar refractivity (Wildman–Crippen MR) is 60.6 cm³/mol. The molecule has 2 heteroatoms. The van der Waals surface area contributed by atoms with Gasteiger partial charge in [-0.05, 0) is 23.5 Å². The van der Waals surface area contributed by atoms with Crippen molar-refractivity contribution >= 4 is 5.71 Å². The van der Waals surface area contributed by atoms with E-state index in [0.29, 0.717) is 18.2 Å². The number of nitrogens with one attached hydrogen (secondary N) is 1. The Labute approximate surface area is 85.6 Å². The van der Waals surface area contributed by atoms with Crippen molar-refractivity contribution in [3.8, 4) is 0 Å². The fourth-order valence-corrected chi connectivity index (χ4v) is 1.37. The molecule has 0 aliphatic carbocycles. The minimum atomic E-state index is 0.539. The van der Waals surface area contributed by atoms with Crippen LogP contribution < -0.4 is 5.73 Å². The van der Waals surface area contributed by atoms with Crippen LogP contribution in [0.2, 0.25) is 0 Å². The van der Waals surface area contributed by atoms with Crippen molar-refractivity contribution in [1.29, 1.82) is 5.41 Å². The maximum Gasteiger partial charge on any atom is 0.0388 e. The zero-order chi connectivity index (χ0) is 10.6. The predicted octanol–water partition coefficient (Wildman–Crippen LogP) is 2.56. The monoisotopic (exact) mass is 190 g/mol. The molecule has 1 aromatic carbocycles. The van der Waals surface area contributed by atoms with E-state index in [1.807, 2.05) is 24.3 Å². The van der Waals surface area contributed by atoms with Gasteiger partial charge in [0.2, 0.25) is 0 Å². The molecule has 0 aliphatic heterocycles. The molecule has 2 nitrogen and oxygen atoms in total. The van der Waals surface area contributed by atoms with Crippen LogP contribution in [0.1, 0.15) is 31.4 Å². The van der Waals surface area contributed by atoms with Crippen molar-refractivity contribution in [2.45, 2.75) is 26.8 Å². The summed E-state index contributed by atoms with van der Waals surface area (Å²) in [6.45, 7) is 4.82. The van der Waals surface area contributed by atoms with E-state index in [-0.39, 0.29) is 0 Å². The molecule has 76 valence electrons. The first-order valence-electron chi connectivity index (χ1n) is 5.00. The molecule has 0 atom stereocenters. The molecule has 1 aromatic rings. The molecule has 14 heavy (non-hydrogen) atoms. The molecule has 1 rings (SSSR count). The Morgan fingerprint density at radius 2 is 1.86 bits per heavy atom. The summed E-state index contributed by atoms with van der Waals surface area (Å²) in [4.78, 5) is 0. The molecule has 0 bridgehead atoms. The first-order chi connectivity index (χ1) is 6.63. The molecule has 0 aromatic heterocycles. The normalized spacial score (nSPS) is 10.6. The lowest BCUT2D eigenvalue weighted by molar-refractivity contribution is 0.682. The van der Waals surface area contributed by atoms with Crippen molar-refractivity contribution in [1.82, 2.24) is 0 Å². The third-order valence-corrected chi connectivity index (χ3v) is 2.15. The van der Waals surface area contributed by atoms with Crippen LogP contribution in [0.5, 0.6) is 0 Å². The lowest BCUT2D eigenvalue weighted by atomic mass is 10.00. The van der Waals surface area contributed by atoms with Gasteiger partial charge in [0.05, 0.1) is 0 Å². The smallest absolute Gasteiger partial charge is 0.0388 e. The summed E-state index contributed by atoms with van der Waals surface area (Å²) in [7, 11) is 0. The highest BCUT2D eigenvalue weighted by Crippen LogP contribution is 2.10. The fraction of sp³-hybridized carbons (Fsp3) is 0.417. The minimum Gasteiger partial charge on any atom is -0.326 e. The van der Waals surface area contributed by atoms with Gasteiger partial charge in [0.1, 0.15) is 0 Å². The maximum atomic E-state index is 7.86. The van der Waals surface area contributed by atoms with Crippen LogP contribution in [0.15, 0.2) is 24.3 Å². The van der Waals surface area contributed by atoms with E-state index in [1.165, 1.54) is 0 Å². The van der Waals surface area contributed by atoms with E-state index in [9.17, 15) is 0 Å². The first kappa shape index (κ1) is 10.9. The van der Waals surface area contributed by atoms with Gasteiger partial charge in [-0.3, -0.25) is 0 Å². The Kier molecular flexibility index (Phi) is 3.84. The summed E-state index contributed by atoms with van der Waals surface area (Å²) in [5.41, 5.74) is 8.34. The molecule has 0 spiro atoms. The molecule has 0 saturated heterocycles. The highest BCUT2D eigenvalue weighted by Gasteiger charge is 2.03. The Balaban J connectivity index is 2.71. The topological polar surface area (TPSA) is 49.9 Å². The van der Waals surface area contributed by atoms with Crippen LogP contribution in [0.3, 0.4) is 0 Å². The number of hydrogen-bond donors (Lipinski definition) is 2. The van der Waals surface area contributed by atoms with E-state index in [2.05, 4.69) is 13.8 Å². The van der Waals surface area contributed by atoms with Gasteiger partial charge >= 0.3 is 0 Å². The van der Waals surface area contributed by atoms with Crippen LogP contribution in [0.4, 0.5) is 0 Å². The molecular weight excluding hydrogens is 172 g/mol. The summed E-state index contributed by atoms with van der Waals surface area (Å²) < 4.78 is 0. The summed E-state index contributed by atoms with van der Waals surface area (Å²) in [5.74, 6) is 0.539. The molecule has 0 fully saturated rings. The van der Waals surface area contributed by atoms with E-state index in [4.69, 9.17) is 11.1 Å². The zero-order valence-electron chi connectivity index (χ0n) is 8.88. The summed E-state index contributed by atoms with van der Waals surface area (Å²) in [6.07, 6.45) is 0.835. The van der Waals surface area contributed by atoms with E-state index in [0.717, 1.165) is 17.5 Å². The minimum absolute atomic E-state index is 0.539. The summed E-state index contributed by atoms with van der Waals surface area (Å²) in [5, 5.41) is 7.86. The van der Waals surface area contributed by atoms with Crippen molar-refractivity contribution in [2.75, 3.05) is 0 Å². The lowest BCUT2D eigenvalue weighted by Gasteiger charge is -2.07. The van der Waals surface area contributed by atoms with Crippen LogP contribution in [-0.4, -0.2) is 5.71 Å². The quantitative estimate of drug-likeness (QED) is 0.704. The third-order valence-electron chi connectivity index (χ3n) is 2.15. The molecule has 0 aliphatic rings. The fourth-order valence-electron chi connectivity index (χ4n) is 1.37. The van der Waals surface area contributed by atoms with Crippen LogP contribution in [-0.2, 0) is 6.54 Å². The average molecular weight is 190 g/mol. The highest BCUT2D eigenvalue weighted by molar-refractivity contribution is 5.98. The molecule has 3 N–H and O–H groups in total. The molecule has 0 radical (unpaired) electrons. The Morgan fingerprint density at radius 1 is 1.29 bits per heavy atom. The molecule has 0 heterocycles. The SMILES string of the molecule is CC(C)CC(=N)c1ccc(CN)cc1. The second-order valence-electron chi connectivity index (χ2n) is 3.98. The molecule has 0 unspecified atom stereocenters. The Morgan fingerprint density at radius 3 is 2.29 bits per heavy atom. The van der Waals surface area contributed by atoms with E-state index >= 15 is 0 Å². The molecule has 0 amide bonds. The van der Waals surface area contributed by atoms with Crippen LogP contribution in [0, 0.1) is 11.3 Å². The Hall–Kier alpha value is -1.15. The van der Waals surface area contributed by atoms with Gasteiger partial charge in [0.25, 0.3) is 0 Å². The van der Waals surface area contributed by atoms with Gasteiger partial charge in [0.15, 0.2) is 0 Å². The van der Waals surface area contributed by atoms with Crippen LogP contribution >= 0.6 is 0 Å². The van der Waals surface area contributed by atoms with Crippen LogP contribution in [0.25, 0.3) is 0 Å². The van der Waals surface area contributed by atoms with Crippen molar-refractivity contribution in [3.05, 3.63) is 35.4 Å². The van der Waals surface area contributed by atoms with Gasteiger partial charge in [-0.15, -0.1) is 0 Å². The zero-order valence-corrected chi connectivity index (χ0v) is 8.88. The lowest BCUT2D eigenvalue weighted by Crippen LogP contribution is -2.04. The van der Waals surface area contributed by atoms with Crippen molar-refractivity contribution < 1.29 is 0 Å². The third kappa shape index (κ3) is 2.96. The first-order valence-corrected chi connectivity index (χ1v) is 5.00. The standard InChI is InChI=1S/C12H18N2/c1-9(2)7-12(14)11-5-3-10(8-13)4-6-11/h3-6,9,14H,7-8,13H2,1-2H3. The Bertz CT molecular complexity index is 299. The summed E-state index contributed by atoms with van der Waals surface area (Å²) in [6, 6.07) is 7.94. The van der Waals surface area contributed by atoms with Gasteiger partial charge < -0.3 is 11.1 Å². The van der Waals surface area contributed by atoms with Crippen molar-refractivity contribution in [3.63, 3.8) is 0 Å². The largest absolute Gasteiger partial charge is 0.326 e.